The fourth-order valence-corrected chi connectivity index (χ4v) is 3.79. The van der Waals surface area contributed by atoms with Crippen LogP contribution in [0.25, 0.3) is 0 Å². The Morgan fingerprint density at radius 2 is 2.23 bits per heavy atom. The molecule has 0 radical (unpaired) electrons. The van der Waals surface area contributed by atoms with Crippen molar-refractivity contribution >= 4 is 17.7 Å². The highest BCUT2D eigenvalue weighted by atomic mass is 32.2. The van der Waals surface area contributed by atoms with Gasteiger partial charge in [0.1, 0.15) is 5.75 Å². The number of hydrogen-bond acceptors (Lipinski definition) is 3. The van der Waals surface area contributed by atoms with Crippen molar-refractivity contribution in [3.05, 3.63) is 29.8 Å². The minimum Gasteiger partial charge on any atom is -0.494 e. The minimum atomic E-state index is 0.688. The summed E-state index contributed by atoms with van der Waals surface area (Å²) in [5.74, 6) is 3.12. The normalized spacial score (nSPS) is 19.1. The van der Waals surface area contributed by atoms with Crippen molar-refractivity contribution in [2.24, 2.45) is 4.99 Å². The first-order chi connectivity index (χ1) is 10.8. The number of ether oxygens (including phenoxy) is 1. The minimum absolute atomic E-state index is 0.688. The van der Waals surface area contributed by atoms with Gasteiger partial charge in [0.25, 0.3) is 0 Å². The fourth-order valence-electron chi connectivity index (χ4n) is 2.61. The third-order valence-corrected chi connectivity index (χ3v) is 5.19. The molecule has 1 aromatic carbocycles. The molecule has 5 heteroatoms. The van der Waals surface area contributed by atoms with Crippen LogP contribution in [0.3, 0.4) is 0 Å². The second kappa shape index (κ2) is 8.93. The lowest BCUT2D eigenvalue weighted by Gasteiger charge is -2.34. The summed E-state index contributed by atoms with van der Waals surface area (Å²) in [6.07, 6.45) is 1.21. The molecule has 122 valence electrons. The molecule has 0 saturated carbocycles. The van der Waals surface area contributed by atoms with Crippen LogP contribution >= 0.6 is 11.8 Å². The van der Waals surface area contributed by atoms with Gasteiger partial charge in [-0.15, -0.1) is 0 Å². The van der Waals surface area contributed by atoms with E-state index in [1.54, 1.807) is 0 Å². The number of benzene rings is 1. The van der Waals surface area contributed by atoms with Crippen molar-refractivity contribution in [1.82, 2.24) is 10.2 Å². The fraction of sp³-hybridized carbons (Fsp3) is 0.588. The highest BCUT2D eigenvalue weighted by Crippen LogP contribution is 2.21. The highest BCUT2D eigenvalue weighted by molar-refractivity contribution is 8.00. The Labute approximate surface area is 138 Å². The number of thioether (sulfide) groups is 1. The number of aliphatic imine (C=N–C) groups is 1. The van der Waals surface area contributed by atoms with Crippen LogP contribution in [-0.2, 0) is 6.54 Å². The van der Waals surface area contributed by atoms with Crippen molar-refractivity contribution in [2.45, 2.75) is 32.1 Å². The number of para-hydroxylation sites is 1. The van der Waals surface area contributed by atoms with Gasteiger partial charge in [0, 0.05) is 43.2 Å². The zero-order chi connectivity index (χ0) is 15.8. The zero-order valence-electron chi connectivity index (χ0n) is 13.8. The van der Waals surface area contributed by atoms with Crippen LogP contribution in [0.4, 0.5) is 0 Å². The number of nitrogens with one attached hydrogen (secondary N) is 1. The molecule has 0 spiro atoms. The van der Waals surface area contributed by atoms with E-state index in [1.165, 1.54) is 17.7 Å². The van der Waals surface area contributed by atoms with Crippen molar-refractivity contribution in [1.29, 1.82) is 0 Å². The SMILES string of the molecule is CCOc1ccccc1CNC(=NC)N1CCSC(CC)C1. The third-order valence-electron chi connectivity index (χ3n) is 3.81. The average Bonchev–Trinajstić information content (AvgIpc) is 2.57. The van der Waals surface area contributed by atoms with Crippen LogP contribution in [0.2, 0.25) is 0 Å². The summed E-state index contributed by atoms with van der Waals surface area (Å²) in [7, 11) is 1.86. The van der Waals surface area contributed by atoms with Gasteiger partial charge in [-0.25, -0.2) is 0 Å². The number of hydrogen-bond donors (Lipinski definition) is 1. The van der Waals surface area contributed by atoms with Crippen LogP contribution in [0, 0.1) is 0 Å². The molecule has 1 atom stereocenters. The van der Waals surface area contributed by atoms with Gasteiger partial charge in [0.15, 0.2) is 5.96 Å². The zero-order valence-corrected chi connectivity index (χ0v) is 14.7. The lowest BCUT2D eigenvalue weighted by atomic mass is 10.2. The summed E-state index contributed by atoms with van der Waals surface area (Å²) in [4.78, 5) is 6.82. The van der Waals surface area contributed by atoms with Crippen LogP contribution in [-0.4, -0.2) is 48.6 Å². The Balaban J connectivity index is 1.97. The van der Waals surface area contributed by atoms with E-state index >= 15 is 0 Å². The van der Waals surface area contributed by atoms with Gasteiger partial charge in [0.2, 0.25) is 0 Å². The molecule has 1 unspecified atom stereocenters. The lowest BCUT2D eigenvalue weighted by Crippen LogP contribution is -2.47. The molecule has 0 bridgehead atoms. The number of nitrogens with zero attached hydrogens (tertiary/aromatic N) is 2. The lowest BCUT2D eigenvalue weighted by molar-refractivity contribution is 0.335. The molecular weight excluding hydrogens is 294 g/mol. The molecule has 1 aliphatic heterocycles. The molecule has 1 N–H and O–H groups in total. The molecular formula is C17H27N3OS. The topological polar surface area (TPSA) is 36.9 Å². The van der Waals surface area contributed by atoms with Gasteiger partial charge in [-0.05, 0) is 19.4 Å². The second-order valence-corrected chi connectivity index (χ2v) is 6.70. The Hall–Kier alpha value is -1.36. The first kappa shape index (κ1) is 17.0. The standard InChI is InChI=1S/C17H27N3OS/c1-4-15-13-20(10-11-22-15)17(18-3)19-12-14-8-6-7-9-16(14)21-5-2/h6-9,15H,4-5,10-13H2,1-3H3,(H,18,19). The smallest absolute Gasteiger partial charge is 0.193 e. The molecule has 22 heavy (non-hydrogen) atoms. The predicted octanol–water partition coefficient (Wildman–Crippen LogP) is 2.99. The summed E-state index contributed by atoms with van der Waals surface area (Å²) in [5.41, 5.74) is 1.17. The molecule has 1 fully saturated rings. The predicted molar refractivity (Wildman–Crippen MR) is 95.9 cm³/mol. The monoisotopic (exact) mass is 321 g/mol. The quantitative estimate of drug-likeness (QED) is 0.668. The number of guanidine groups is 1. The highest BCUT2D eigenvalue weighted by Gasteiger charge is 2.21. The Morgan fingerprint density at radius 1 is 1.41 bits per heavy atom. The van der Waals surface area contributed by atoms with Gasteiger partial charge in [-0.1, -0.05) is 25.1 Å². The molecule has 0 aromatic heterocycles. The molecule has 0 amide bonds. The van der Waals surface area contributed by atoms with Crippen LogP contribution < -0.4 is 10.1 Å². The molecule has 1 saturated heterocycles. The van der Waals surface area contributed by atoms with E-state index in [1.807, 2.05) is 32.2 Å². The second-order valence-electron chi connectivity index (χ2n) is 5.29. The van der Waals surface area contributed by atoms with E-state index in [2.05, 4.69) is 40.0 Å². The maximum atomic E-state index is 5.69. The van der Waals surface area contributed by atoms with Crippen molar-refractivity contribution < 1.29 is 4.74 Å². The molecule has 2 rings (SSSR count). The van der Waals surface area contributed by atoms with E-state index in [0.29, 0.717) is 11.9 Å². The van der Waals surface area contributed by atoms with E-state index in [0.717, 1.165) is 31.3 Å². The van der Waals surface area contributed by atoms with E-state index in [9.17, 15) is 0 Å². The van der Waals surface area contributed by atoms with Gasteiger partial charge >= 0.3 is 0 Å². The Kier molecular flexibility index (Phi) is 6.90. The summed E-state index contributed by atoms with van der Waals surface area (Å²) >= 11 is 2.07. The van der Waals surface area contributed by atoms with Gasteiger partial charge in [-0.2, -0.15) is 11.8 Å². The first-order valence-corrected chi connectivity index (χ1v) is 9.11. The Morgan fingerprint density at radius 3 is 2.95 bits per heavy atom. The van der Waals surface area contributed by atoms with E-state index in [-0.39, 0.29) is 0 Å². The summed E-state index contributed by atoms with van der Waals surface area (Å²) in [6, 6.07) is 8.18. The largest absolute Gasteiger partial charge is 0.494 e. The van der Waals surface area contributed by atoms with E-state index < -0.39 is 0 Å². The Bertz CT molecular complexity index is 493. The number of rotatable bonds is 5. The maximum Gasteiger partial charge on any atom is 0.193 e. The van der Waals surface area contributed by atoms with Gasteiger partial charge in [-0.3, -0.25) is 4.99 Å². The maximum absolute atomic E-state index is 5.69. The molecule has 1 aromatic rings. The van der Waals surface area contributed by atoms with Crippen LogP contribution in [0.15, 0.2) is 29.3 Å². The van der Waals surface area contributed by atoms with E-state index in [4.69, 9.17) is 4.74 Å². The molecule has 1 aliphatic rings. The first-order valence-electron chi connectivity index (χ1n) is 8.06. The molecule has 4 nitrogen and oxygen atoms in total. The average molecular weight is 321 g/mol. The summed E-state index contributed by atoms with van der Waals surface area (Å²) in [6.45, 7) is 7.84. The summed E-state index contributed by atoms with van der Waals surface area (Å²) < 4.78 is 5.69. The van der Waals surface area contributed by atoms with Gasteiger partial charge < -0.3 is 15.0 Å². The third kappa shape index (κ3) is 4.57. The van der Waals surface area contributed by atoms with Crippen molar-refractivity contribution in [3.8, 4) is 5.75 Å². The van der Waals surface area contributed by atoms with Crippen molar-refractivity contribution in [2.75, 3.05) is 32.5 Å². The van der Waals surface area contributed by atoms with Crippen molar-refractivity contribution in [3.63, 3.8) is 0 Å². The van der Waals surface area contributed by atoms with Crippen LogP contribution in [0.1, 0.15) is 25.8 Å². The summed E-state index contributed by atoms with van der Waals surface area (Å²) in [5, 5.41) is 4.20. The molecule has 1 heterocycles. The van der Waals surface area contributed by atoms with Crippen LogP contribution in [0.5, 0.6) is 5.75 Å². The molecule has 0 aliphatic carbocycles. The van der Waals surface area contributed by atoms with Gasteiger partial charge in [0.05, 0.1) is 6.61 Å².